The number of halogens is 1. The van der Waals surface area contributed by atoms with Gasteiger partial charge in [-0.2, -0.15) is 0 Å². The molecule has 0 spiro atoms. The third kappa shape index (κ3) is 6.70. The van der Waals surface area contributed by atoms with Gasteiger partial charge in [0.05, 0.1) is 24.8 Å². The number of rotatable bonds is 6. The number of methoxy groups -OCH3 is 1. The van der Waals surface area contributed by atoms with Crippen LogP contribution in [0.15, 0.2) is 47.5 Å². The van der Waals surface area contributed by atoms with Crippen molar-refractivity contribution >= 4 is 40.7 Å². The number of nitrogens with one attached hydrogen (secondary N) is 3. The number of aliphatic imine (C=N–C) groups is 1. The highest BCUT2D eigenvalue weighted by atomic mass is 35.5. The maximum Gasteiger partial charge on any atom is 0.258 e. The Balaban J connectivity index is 1.77. The molecular weight excluding hydrogens is 420 g/mol. The molecule has 3 N–H and O–H groups in total. The molecule has 1 saturated heterocycles. The summed E-state index contributed by atoms with van der Waals surface area (Å²) in [6.45, 7) is 2.55. The monoisotopic (exact) mass is 444 g/mol. The van der Waals surface area contributed by atoms with Crippen molar-refractivity contribution in [1.29, 1.82) is 0 Å². The van der Waals surface area contributed by atoms with Gasteiger partial charge >= 0.3 is 0 Å². The van der Waals surface area contributed by atoms with Gasteiger partial charge in [0.2, 0.25) is 11.9 Å². The summed E-state index contributed by atoms with van der Waals surface area (Å²) in [4.78, 5) is 28.6. The topological polar surface area (TPSA) is 101 Å². The lowest BCUT2D eigenvalue weighted by Gasteiger charge is -2.14. The average Bonchev–Trinajstić information content (AvgIpc) is 3.25. The van der Waals surface area contributed by atoms with E-state index in [2.05, 4.69) is 20.9 Å². The van der Waals surface area contributed by atoms with Crippen LogP contribution in [0.25, 0.3) is 0 Å². The van der Waals surface area contributed by atoms with Crippen LogP contribution < -0.4 is 20.7 Å². The van der Waals surface area contributed by atoms with Crippen LogP contribution in [-0.4, -0.2) is 44.1 Å². The predicted octanol–water partition coefficient (Wildman–Crippen LogP) is 3.68. The molecule has 8 nitrogen and oxygen atoms in total. The van der Waals surface area contributed by atoms with Gasteiger partial charge in [-0.15, -0.1) is 0 Å². The van der Waals surface area contributed by atoms with Crippen molar-refractivity contribution in [3.8, 4) is 5.75 Å². The zero-order valence-electron chi connectivity index (χ0n) is 17.4. The number of hydrogen-bond acceptors (Lipinski definition) is 5. The lowest BCUT2D eigenvalue weighted by atomic mass is 10.2. The molecule has 9 heteroatoms. The highest BCUT2D eigenvalue weighted by Gasteiger charge is 2.16. The number of carbonyl (C=O) groups excluding carboxylic acids is 2. The third-order valence-electron chi connectivity index (χ3n) is 4.57. The van der Waals surface area contributed by atoms with E-state index in [4.69, 9.17) is 21.1 Å². The Kier molecular flexibility index (Phi) is 7.86. The van der Waals surface area contributed by atoms with Crippen LogP contribution in [0.4, 0.5) is 11.4 Å². The second-order valence-electron chi connectivity index (χ2n) is 7.01. The van der Waals surface area contributed by atoms with Crippen LogP contribution in [0.2, 0.25) is 5.02 Å². The second kappa shape index (κ2) is 10.8. The molecule has 164 valence electrons. The molecule has 2 aromatic carbocycles. The quantitative estimate of drug-likeness (QED) is 0.466. The van der Waals surface area contributed by atoms with E-state index in [1.54, 1.807) is 42.5 Å². The van der Waals surface area contributed by atoms with Crippen molar-refractivity contribution in [3.05, 3.63) is 53.1 Å². The maximum absolute atomic E-state index is 12.8. The standard InChI is InChI=1S/C22H25ClN4O4/c1-14(28)25-16-6-3-5-15(11-16)21(29)27-22(24-13-18-7-4-10-31-18)26-17-8-9-20(30-2)19(23)12-17/h3,5-6,8-9,11-12,18H,4,7,10,13H2,1-2H3,(H,25,28)(H2,24,26,27,29)/t18-/m0/s1. The molecule has 0 aliphatic carbocycles. The minimum atomic E-state index is -0.370. The summed E-state index contributed by atoms with van der Waals surface area (Å²) >= 11 is 6.21. The molecular formula is C22H25ClN4O4. The number of carbonyl (C=O) groups is 2. The molecule has 0 bridgehead atoms. The fourth-order valence-electron chi connectivity index (χ4n) is 3.09. The summed E-state index contributed by atoms with van der Waals surface area (Å²) in [5.74, 6) is 0.232. The van der Waals surface area contributed by atoms with Gasteiger partial charge in [-0.25, -0.2) is 4.99 Å². The highest BCUT2D eigenvalue weighted by Crippen LogP contribution is 2.27. The van der Waals surface area contributed by atoms with E-state index in [0.717, 1.165) is 19.4 Å². The Hall–Kier alpha value is -3.10. The van der Waals surface area contributed by atoms with Gasteiger partial charge in [-0.3, -0.25) is 14.9 Å². The van der Waals surface area contributed by atoms with Crippen molar-refractivity contribution in [3.63, 3.8) is 0 Å². The molecule has 2 aromatic rings. The fraction of sp³-hybridized carbons (Fsp3) is 0.318. The Morgan fingerprint density at radius 3 is 2.68 bits per heavy atom. The smallest absolute Gasteiger partial charge is 0.258 e. The van der Waals surface area contributed by atoms with Crippen LogP contribution >= 0.6 is 11.6 Å². The Morgan fingerprint density at radius 1 is 1.19 bits per heavy atom. The van der Waals surface area contributed by atoms with E-state index in [9.17, 15) is 9.59 Å². The number of ether oxygens (including phenoxy) is 2. The predicted molar refractivity (Wildman–Crippen MR) is 121 cm³/mol. The largest absolute Gasteiger partial charge is 0.495 e. The minimum absolute atomic E-state index is 0.0243. The molecule has 0 aromatic heterocycles. The first-order valence-corrected chi connectivity index (χ1v) is 10.3. The number of nitrogens with zero attached hydrogens (tertiary/aromatic N) is 1. The van der Waals surface area contributed by atoms with Crippen LogP contribution in [0, 0.1) is 0 Å². The van der Waals surface area contributed by atoms with Gasteiger partial charge in [0, 0.05) is 30.5 Å². The molecule has 0 saturated carbocycles. The summed E-state index contributed by atoms with van der Waals surface area (Å²) in [6, 6.07) is 11.8. The summed E-state index contributed by atoms with van der Waals surface area (Å²) < 4.78 is 10.8. The summed E-state index contributed by atoms with van der Waals surface area (Å²) in [5, 5.41) is 8.98. The van der Waals surface area contributed by atoms with Crippen molar-refractivity contribution < 1.29 is 19.1 Å². The van der Waals surface area contributed by atoms with E-state index in [1.165, 1.54) is 14.0 Å². The van der Waals surface area contributed by atoms with Gasteiger partial charge in [-0.1, -0.05) is 17.7 Å². The van der Waals surface area contributed by atoms with Crippen molar-refractivity contribution in [1.82, 2.24) is 5.32 Å². The second-order valence-corrected chi connectivity index (χ2v) is 7.42. The minimum Gasteiger partial charge on any atom is -0.495 e. The van der Waals surface area contributed by atoms with Crippen LogP contribution in [0.1, 0.15) is 30.1 Å². The SMILES string of the molecule is COc1ccc(NC(=NC[C@@H]2CCCO2)NC(=O)c2cccc(NC(C)=O)c2)cc1Cl. The number of amides is 2. The lowest BCUT2D eigenvalue weighted by molar-refractivity contribution is -0.114. The molecule has 0 unspecified atom stereocenters. The van der Waals surface area contributed by atoms with Crippen LogP contribution in [0.5, 0.6) is 5.75 Å². The van der Waals surface area contributed by atoms with E-state index < -0.39 is 0 Å². The first-order chi connectivity index (χ1) is 14.9. The fourth-order valence-corrected chi connectivity index (χ4v) is 3.35. The zero-order chi connectivity index (χ0) is 22.2. The highest BCUT2D eigenvalue weighted by molar-refractivity contribution is 6.32. The number of benzene rings is 2. The number of guanidine groups is 1. The Bertz CT molecular complexity index is 974. The van der Waals surface area contributed by atoms with E-state index in [1.807, 2.05) is 0 Å². The molecule has 31 heavy (non-hydrogen) atoms. The van der Waals surface area contributed by atoms with Crippen molar-refractivity contribution in [2.45, 2.75) is 25.9 Å². The van der Waals surface area contributed by atoms with Gasteiger partial charge in [0.25, 0.3) is 5.91 Å². The summed E-state index contributed by atoms with van der Waals surface area (Å²) in [7, 11) is 1.54. The molecule has 1 fully saturated rings. The van der Waals surface area contributed by atoms with Gasteiger partial charge in [0.1, 0.15) is 5.75 Å². The molecule has 3 rings (SSSR count). The normalized spacial score (nSPS) is 16.0. The number of anilines is 2. The van der Waals surface area contributed by atoms with E-state index in [0.29, 0.717) is 34.3 Å². The maximum atomic E-state index is 12.8. The molecule has 2 amide bonds. The molecule has 1 aliphatic rings. The van der Waals surface area contributed by atoms with Gasteiger partial charge < -0.3 is 20.1 Å². The summed E-state index contributed by atoms with van der Waals surface area (Å²) in [6.07, 6.45) is 1.95. The average molecular weight is 445 g/mol. The molecule has 0 radical (unpaired) electrons. The first-order valence-electron chi connectivity index (χ1n) is 9.90. The molecule has 1 heterocycles. The molecule has 1 aliphatic heterocycles. The lowest BCUT2D eigenvalue weighted by Crippen LogP contribution is -2.36. The Morgan fingerprint density at radius 2 is 2.00 bits per heavy atom. The zero-order valence-corrected chi connectivity index (χ0v) is 18.2. The van der Waals surface area contributed by atoms with Gasteiger partial charge in [0.15, 0.2) is 0 Å². The van der Waals surface area contributed by atoms with E-state index in [-0.39, 0.29) is 23.9 Å². The van der Waals surface area contributed by atoms with E-state index >= 15 is 0 Å². The first kappa shape index (κ1) is 22.6. The Labute approximate surface area is 186 Å². The van der Waals surface area contributed by atoms with Crippen LogP contribution in [-0.2, 0) is 9.53 Å². The van der Waals surface area contributed by atoms with Crippen molar-refractivity contribution in [2.75, 3.05) is 30.9 Å². The van der Waals surface area contributed by atoms with Crippen molar-refractivity contribution in [2.24, 2.45) is 4.99 Å². The summed E-state index contributed by atoms with van der Waals surface area (Å²) in [5.41, 5.74) is 1.56. The van der Waals surface area contributed by atoms with Crippen LogP contribution in [0.3, 0.4) is 0 Å². The number of hydrogen-bond donors (Lipinski definition) is 3. The molecule has 1 atom stereocenters. The third-order valence-corrected chi connectivity index (χ3v) is 4.86. The van der Waals surface area contributed by atoms with Gasteiger partial charge in [-0.05, 0) is 49.2 Å².